The third kappa shape index (κ3) is 4.05. The molecule has 0 atom stereocenters. The van der Waals surface area contributed by atoms with Crippen molar-refractivity contribution in [2.45, 2.75) is 40.2 Å². The van der Waals surface area contributed by atoms with Crippen molar-refractivity contribution in [3.8, 4) is 0 Å². The fourth-order valence-corrected chi connectivity index (χ4v) is 1.73. The van der Waals surface area contributed by atoms with Crippen LogP contribution in [0.1, 0.15) is 37.8 Å². The van der Waals surface area contributed by atoms with Crippen molar-refractivity contribution in [1.82, 2.24) is 4.90 Å². The zero-order valence-corrected chi connectivity index (χ0v) is 10.5. The Bertz CT molecular complexity index is 346. The van der Waals surface area contributed by atoms with E-state index in [1.807, 2.05) is 11.0 Å². The van der Waals surface area contributed by atoms with Crippen LogP contribution in [-0.2, 0) is 11.3 Å². The van der Waals surface area contributed by atoms with Gasteiger partial charge in [-0.3, -0.25) is 4.79 Å². The van der Waals surface area contributed by atoms with Crippen LogP contribution >= 0.6 is 0 Å². The molecule has 0 fully saturated rings. The maximum absolute atomic E-state index is 11.5. The van der Waals surface area contributed by atoms with E-state index in [0.717, 1.165) is 25.9 Å². The second kappa shape index (κ2) is 6.31. The molecule has 1 rings (SSSR count). The predicted molar refractivity (Wildman–Crippen MR) is 67.2 cm³/mol. The van der Waals surface area contributed by atoms with Crippen LogP contribution in [0, 0.1) is 6.92 Å². The minimum Gasteiger partial charge on any atom is -0.339 e. The number of aryl methyl sites for hydroxylation is 1. The van der Waals surface area contributed by atoms with E-state index in [1.54, 1.807) is 6.92 Å². The van der Waals surface area contributed by atoms with Crippen molar-refractivity contribution >= 4 is 5.91 Å². The Morgan fingerprint density at radius 2 is 2.12 bits per heavy atom. The maximum atomic E-state index is 11.5. The number of hydrogen-bond acceptors (Lipinski definition) is 1. The first kappa shape index (κ1) is 12.8. The summed E-state index contributed by atoms with van der Waals surface area (Å²) in [5.41, 5.74) is 2.46. The zero-order valence-electron chi connectivity index (χ0n) is 10.5. The van der Waals surface area contributed by atoms with Crippen molar-refractivity contribution < 1.29 is 4.79 Å². The number of benzene rings is 1. The molecule has 0 saturated heterocycles. The summed E-state index contributed by atoms with van der Waals surface area (Å²) in [5.74, 6) is 0.162. The minimum atomic E-state index is 0.162. The highest BCUT2D eigenvalue weighted by Crippen LogP contribution is 2.08. The Balaban J connectivity index is 2.64. The van der Waals surface area contributed by atoms with Gasteiger partial charge in [-0.05, 0) is 18.9 Å². The van der Waals surface area contributed by atoms with Gasteiger partial charge < -0.3 is 4.90 Å². The largest absolute Gasteiger partial charge is 0.339 e. The quantitative estimate of drug-likeness (QED) is 0.745. The monoisotopic (exact) mass is 219 g/mol. The lowest BCUT2D eigenvalue weighted by Gasteiger charge is -2.21. The molecule has 1 aromatic carbocycles. The Morgan fingerprint density at radius 1 is 1.38 bits per heavy atom. The molecule has 1 aromatic rings. The Kier molecular flexibility index (Phi) is 5.03. The lowest BCUT2D eigenvalue weighted by Crippen LogP contribution is -2.29. The van der Waals surface area contributed by atoms with E-state index in [4.69, 9.17) is 0 Å². The molecule has 2 nitrogen and oxygen atoms in total. The summed E-state index contributed by atoms with van der Waals surface area (Å²) < 4.78 is 0. The minimum absolute atomic E-state index is 0.162. The molecule has 0 saturated carbocycles. The van der Waals surface area contributed by atoms with Crippen LogP contribution in [-0.4, -0.2) is 17.4 Å². The standard InChI is InChI=1S/C14H21NO/c1-4-5-9-15(13(3)16)11-14-8-6-7-12(2)10-14/h6-8,10H,4-5,9,11H2,1-3H3. The Hall–Kier alpha value is -1.31. The summed E-state index contributed by atoms with van der Waals surface area (Å²) >= 11 is 0. The van der Waals surface area contributed by atoms with Crippen LogP contribution in [0.5, 0.6) is 0 Å². The van der Waals surface area contributed by atoms with Crippen LogP contribution in [0.15, 0.2) is 24.3 Å². The Morgan fingerprint density at radius 3 is 2.69 bits per heavy atom. The molecule has 0 radical (unpaired) electrons. The lowest BCUT2D eigenvalue weighted by molar-refractivity contribution is -0.129. The van der Waals surface area contributed by atoms with Crippen molar-refractivity contribution in [3.63, 3.8) is 0 Å². The van der Waals surface area contributed by atoms with Gasteiger partial charge in [-0.1, -0.05) is 43.2 Å². The number of rotatable bonds is 5. The number of carbonyl (C=O) groups excluding carboxylic acids is 1. The normalized spacial score (nSPS) is 10.2. The van der Waals surface area contributed by atoms with Gasteiger partial charge >= 0.3 is 0 Å². The van der Waals surface area contributed by atoms with Gasteiger partial charge in [-0.15, -0.1) is 0 Å². The maximum Gasteiger partial charge on any atom is 0.219 e. The SMILES string of the molecule is CCCCN(Cc1cccc(C)c1)C(C)=O. The van der Waals surface area contributed by atoms with Gasteiger partial charge in [0.05, 0.1) is 0 Å². The summed E-state index contributed by atoms with van der Waals surface area (Å²) in [6.45, 7) is 7.46. The van der Waals surface area contributed by atoms with Crippen molar-refractivity contribution in [2.24, 2.45) is 0 Å². The van der Waals surface area contributed by atoms with Crippen LogP contribution in [0.4, 0.5) is 0 Å². The van der Waals surface area contributed by atoms with Gasteiger partial charge in [0.25, 0.3) is 0 Å². The van der Waals surface area contributed by atoms with Gasteiger partial charge in [0.2, 0.25) is 5.91 Å². The first-order valence-corrected chi connectivity index (χ1v) is 5.94. The molecule has 0 spiro atoms. The molecule has 1 amide bonds. The van der Waals surface area contributed by atoms with E-state index in [2.05, 4.69) is 32.0 Å². The van der Waals surface area contributed by atoms with E-state index >= 15 is 0 Å². The van der Waals surface area contributed by atoms with E-state index in [9.17, 15) is 4.79 Å². The number of unbranched alkanes of at least 4 members (excludes halogenated alkanes) is 1. The first-order valence-electron chi connectivity index (χ1n) is 5.94. The highest BCUT2D eigenvalue weighted by atomic mass is 16.2. The molecule has 0 aliphatic carbocycles. The molecule has 0 heterocycles. The zero-order chi connectivity index (χ0) is 12.0. The third-order valence-corrected chi connectivity index (χ3v) is 2.68. The lowest BCUT2D eigenvalue weighted by atomic mass is 10.1. The average molecular weight is 219 g/mol. The van der Waals surface area contributed by atoms with Gasteiger partial charge in [0, 0.05) is 20.0 Å². The van der Waals surface area contributed by atoms with Crippen LogP contribution in [0.2, 0.25) is 0 Å². The molecule has 0 aliphatic rings. The third-order valence-electron chi connectivity index (χ3n) is 2.68. The molecule has 88 valence electrons. The summed E-state index contributed by atoms with van der Waals surface area (Å²) in [5, 5.41) is 0. The van der Waals surface area contributed by atoms with Gasteiger partial charge in [0.1, 0.15) is 0 Å². The van der Waals surface area contributed by atoms with Crippen LogP contribution < -0.4 is 0 Å². The fraction of sp³-hybridized carbons (Fsp3) is 0.500. The molecular formula is C14H21NO. The smallest absolute Gasteiger partial charge is 0.219 e. The van der Waals surface area contributed by atoms with Gasteiger partial charge in [-0.25, -0.2) is 0 Å². The van der Waals surface area contributed by atoms with Crippen molar-refractivity contribution in [2.75, 3.05) is 6.54 Å². The molecule has 16 heavy (non-hydrogen) atoms. The predicted octanol–water partition coefficient (Wildman–Crippen LogP) is 3.14. The number of carbonyl (C=O) groups is 1. The highest BCUT2D eigenvalue weighted by Gasteiger charge is 2.08. The fourth-order valence-electron chi connectivity index (χ4n) is 1.73. The molecule has 0 N–H and O–H groups in total. The van der Waals surface area contributed by atoms with E-state index in [-0.39, 0.29) is 5.91 Å². The number of hydrogen-bond donors (Lipinski definition) is 0. The van der Waals surface area contributed by atoms with E-state index < -0.39 is 0 Å². The molecule has 0 aromatic heterocycles. The van der Waals surface area contributed by atoms with Crippen LogP contribution in [0.25, 0.3) is 0 Å². The van der Waals surface area contributed by atoms with Gasteiger partial charge in [0.15, 0.2) is 0 Å². The molecular weight excluding hydrogens is 198 g/mol. The van der Waals surface area contributed by atoms with E-state index in [0.29, 0.717) is 0 Å². The molecule has 2 heteroatoms. The Labute approximate surface area is 98.3 Å². The van der Waals surface area contributed by atoms with Crippen LogP contribution in [0.3, 0.4) is 0 Å². The second-order valence-electron chi connectivity index (χ2n) is 4.28. The highest BCUT2D eigenvalue weighted by molar-refractivity contribution is 5.73. The topological polar surface area (TPSA) is 20.3 Å². The molecule has 0 unspecified atom stereocenters. The molecule has 0 aliphatic heterocycles. The summed E-state index contributed by atoms with van der Waals surface area (Å²) in [6, 6.07) is 8.34. The average Bonchev–Trinajstić information content (AvgIpc) is 2.24. The number of nitrogens with zero attached hydrogens (tertiary/aromatic N) is 1. The first-order chi connectivity index (χ1) is 7.63. The number of amides is 1. The second-order valence-corrected chi connectivity index (χ2v) is 4.28. The van der Waals surface area contributed by atoms with E-state index in [1.165, 1.54) is 11.1 Å². The summed E-state index contributed by atoms with van der Waals surface area (Å²) in [4.78, 5) is 13.4. The van der Waals surface area contributed by atoms with Crippen molar-refractivity contribution in [3.05, 3.63) is 35.4 Å². The summed E-state index contributed by atoms with van der Waals surface area (Å²) in [6.07, 6.45) is 2.20. The van der Waals surface area contributed by atoms with Gasteiger partial charge in [-0.2, -0.15) is 0 Å². The molecule has 0 bridgehead atoms. The van der Waals surface area contributed by atoms with Crippen molar-refractivity contribution in [1.29, 1.82) is 0 Å². The summed E-state index contributed by atoms with van der Waals surface area (Å²) in [7, 11) is 0.